The monoisotopic (exact) mass is 196 g/mol. The maximum absolute atomic E-state index is 11.3. The minimum absolute atomic E-state index is 0.550. The third kappa shape index (κ3) is 1.42. The summed E-state index contributed by atoms with van der Waals surface area (Å²) in [6.07, 6.45) is 2.02. The number of nitrogens with zero attached hydrogens (tertiary/aromatic N) is 1. The van der Waals surface area contributed by atoms with Crippen molar-refractivity contribution in [3.8, 4) is 0 Å². The van der Waals surface area contributed by atoms with E-state index in [0.29, 0.717) is 12.2 Å². The summed E-state index contributed by atoms with van der Waals surface area (Å²) in [5, 5.41) is 0. The van der Waals surface area contributed by atoms with Gasteiger partial charge in [0.1, 0.15) is 0 Å². The molecule has 0 amide bonds. The molecule has 1 aliphatic rings. The van der Waals surface area contributed by atoms with E-state index in [2.05, 4.69) is 6.07 Å². The Balaban J connectivity index is 2.51. The molecule has 0 aromatic heterocycles. The number of benzene rings is 1. The Morgan fingerprint density at radius 1 is 1.54 bits per heavy atom. The molecule has 4 heteroatoms. The molecule has 3 nitrogen and oxygen atoms in total. The van der Waals surface area contributed by atoms with Gasteiger partial charge in [-0.05, 0) is 12.0 Å². The van der Waals surface area contributed by atoms with Crippen molar-refractivity contribution >= 4 is 15.7 Å². The molecule has 1 aromatic carbocycles. The number of rotatable bonds is 1. The maximum atomic E-state index is 11.3. The van der Waals surface area contributed by atoms with Crippen LogP contribution in [0.3, 0.4) is 0 Å². The van der Waals surface area contributed by atoms with Crippen LogP contribution in [0.2, 0.25) is 0 Å². The summed E-state index contributed by atoms with van der Waals surface area (Å²) in [4.78, 5) is 0. The molecule has 0 spiro atoms. The first-order chi connectivity index (χ1) is 6.09. The summed E-state index contributed by atoms with van der Waals surface area (Å²) >= 11 is 0. The van der Waals surface area contributed by atoms with Gasteiger partial charge in [0.25, 0.3) is 0 Å². The molecule has 1 aliphatic heterocycles. The predicted molar refractivity (Wildman–Crippen MR) is 51.2 cm³/mol. The van der Waals surface area contributed by atoms with Crippen LogP contribution in [-0.4, -0.2) is 21.2 Å². The Morgan fingerprint density at radius 3 is 3.00 bits per heavy atom. The Morgan fingerprint density at radius 2 is 2.31 bits per heavy atom. The van der Waals surface area contributed by atoms with Crippen LogP contribution in [-0.2, 0) is 16.4 Å². The number of hydrogen-bond donors (Lipinski definition) is 0. The molecule has 1 radical (unpaired) electrons. The number of anilines is 1. The van der Waals surface area contributed by atoms with E-state index in [1.165, 1.54) is 10.6 Å². The highest BCUT2D eigenvalue weighted by Crippen LogP contribution is 2.28. The first-order valence-corrected chi connectivity index (χ1v) is 5.91. The molecule has 69 valence electrons. The number of hydrogen-bond acceptors (Lipinski definition) is 2. The standard InChI is InChI=1S/C9H10NO2S/c1-13(11,12)10-7-6-8-4-2-3-5-9(8)10/h2-4H,6-7H2,1H3. The number of sulfonamides is 1. The lowest BCUT2D eigenvalue weighted by atomic mass is 10.2. The lowest BCUT2D eigenvalue weighted by Crippen LogP contribution is -2.27. The molecule has 0 unspecified atom stereocenters. The average molecular weight is 196 g/mol. The van der Waals surface area contributed by atoms with Gasteiger partial charge >= 0.3 is 0 Å². The highest BCUT2D eigenvalue weighted by molar-refractivity contribution is 7.92. The van der Waals surface area contributed by atoms with E-state index in [1.807, 2.05) is 12.1 Å². The molecule has 0 fully saturated rings. The molecule has 0 atom stereocenters. The van der Waals surface area contributed by atoms with Crippen LogP contribution < -0.4 is 4.31 Å². The summed E-state index contributed by atoms with van der Waals surface area (Å²) in [5.41, 5.74) is 1.78. The SMILES string of the molecule is CS(=O)(=O)N1CCc2ccc[c]c21. The zero-order valence-electron chi connectivity index (χ0n) is 7.32. The Labute approximate surface area is 78.0 Å². The molecule has 1 aromatic rings. The summed E-state index contributed by atoms with van der Waals surface area (Å²) in [7, 11) is -3.11. The number of para-hydroxylation sites is 1. The van der Waals surface area contributed by atoms with Crippen LogP contribution in [0.25, 0.3) is 0 Å². The van der Waals surface area contributed by atoms with E-state index in [9.17, 15) is 8.42 Å². The third-order valence-corrected chi connectivity index (χ3v) is 3.32. The van der Waals surface area contributed by atoms with Crippen molar-refractivity contribution in [2.24, 2.45) is 0 Å². The van der Waals surface area contributed by atoms with Gasteiger partial charge in [-0.3, -0.25) is 4.31 Å². The van der Waals surface area contributed by atoms with E-state index >= 15 is 0 Å². The van der Waals surface area contributed by atoms with E-state index in [0.717, 1.165) is 12.0 Å². The van der Waals surface area contributed by atoms with Crippen LogP contribution in [0.5, 0.6) is 0 Å². The highest BCUT2D eigenvalue weighted by Gasteiger charge is 2.25. The fourth-order valence-electron chi connectivity index (χ4n) is 1.56. The van der Waals surface area contributed by atoms with Gasteiger partial charge in [-0.15, -0.1) is 0 Å². The molecule has 0 saturated heterocycles. The van der Waals surface area contributed by atoms with Gasteiger partial charge in [0.15, 0.2) is 0 Å². The molecule has 13 heavy (non-hydrogen) atoms. The van der Waals surface area contributed by atoms with Gasteiger partial charge in [0.05, 0.1) is 11.9 Å². The molecule has 0 N–H and O–H groups in total. The fraction of sp³-hybridized carbons (Fsp3) is 0.333. The quantitative estimate of drug-likeness (QED) is 0.666. The largest absolute Gasteiger partial charge is 0.269 e. The summed E-state index contributed by atoms with van der Waals surface area (Å²) in [6.45, 7) is 0.550. The highest BCUT2D eigenvalue weighted by atomic mass is 32.2. The van der Waals surface area contributed by atoms with Crippen molar-refractivity contribution < 1.29 is 8.42 Å². The molecule has 0 aliphatic carbocycles. The minimum atomic E-state index is -3.11. The Hall–Kier alpha value is -1.03. The molecule has 0 saturated carbocycles. The normalized spacial score (nSPS) is 15.9. The first kappa shape index (κ1) is 8.56. The van der Waals surface area contributed by atoms with Gasteiger partial charge in [-0.1, -0.05) is 18.2 Å². The van der Waals surface area contributed by atoms with Gasteiger partial charge in [0, 0.05) is 12.6 Å². The summed E-state index contributed by atoms with van der Waals surface area (Å²) in [5.74, 6) is 0. The van der Waals surface area contributed by atoms with Crippen molar-refractivity contribution in [2.45, 2.75) is 6.42 Å². The molecule has 2 rings (SSSR count). The van der Waals surface area contributed by atoms with Crippen molar-refractivity contribution in [2.75, 3.05) is 17.1 Å². The minimum Gasteiger partial charge on any atom is -0.269 e. The third-order valence-electron chi connectivity index (χ3n) is 2.15. The van der Waals surface area contributed by atoms with E-state index in [1.54, 1.807) is 6.07 Å². The average Bonchev–Trinajstić information content (AvgIpc) is 2.45. The van der Waals surface area contributed by atoms with Crippen molar-refractivity contribution in [1.82, 2.24) is 0 Å². The zero-order valence-corrected chi connectivity index (χ0v) is 8.13. The second-order valence-corrected chi connectivity index (χ2v) is 5.04. The van der Waals surface area contributed by atoms with Crippen LogP contribution in [0.1, 0.15) is 5.56 Å². The van der Waals surface area contributed by atoms with Crippen molar-refractivity contribution in [3.05, 3.63) is 29.8 Å². The smallest absolute Gasteiger partial charge is 0.232 e. The Kier molecular flexibility index (Phi) is 1.80. The predicted octanol–water partition coefficient (Wildman–Crippen LogP) is 0.809. The van der Waals surface area contributed by atoms with Crippen molar-refractivity contribution in [3.63, 3.8) is 0 Å². The van der Waals surface area contributed by atoms with Crippen LogP contribution >= 0.6 is 0 Å². The van der Waals surface area contributed by atoms with E-state index in [-0.39, 0.29) is 0 Å². The first-order valence-electron chi connectivity index (χ1n) is 4.06. The van der Waals surface area contributed by atoms with Crippen LogP contribution in [0.15, 0.2) is 18.2 Å². The van der Waals surface area contributed by atoms with E-state index < -0.39 is 10.0 Å². The van der Waals surface area contributed by atoms with Gasteiger partial charge in [0.2, 0.25) is 10.0 Å². The van der Waals surface area contributed by atoms with Gasteiger partial charge in [-0.2, -0.15) is 0 Å². The molecule has 1 heterocycles. The van der Waals surface area contributed by atoms with Gasteiger partial charge < -0.3 is 0 Å². The second kappa shape index (κ2) is 2.73. The molecule has 0 bridgehead atoms. The zero-order chi connectivity index (χ0) is 9.47. The molecular weight excluding hydrogens is 186 g/mol. The maximum Gasteiger partial charge on any atom is 0.232 e. The lowest BCUT2D eigenvalue weighted by Gasteiger charge is -2.15. The number of fused-ring (bicyclic) bond motifs is 1. The topological polar surface area (TPSA) is 37.4 Å². The summed E-state index contributed by atoms with van der Waals surface area (Å²) in [6, 6.07) is 8.51. The van der Waals surface area contributed by atoms with Crippen molar-refractivity contribution in [1.29, 1.82) is 0 Å². The Bertz CT molecular complexity index is 425. The molecular formula is C9H10NO2S. The summed E-state index contributed by atoms with van der Waals surface area (Å²) < 4.78 is 24.0. The van der Waals surface area contributed by atoms with Gasteiger partial charge in [-0.25, -0.2) is 8.42 Å². The lowest BCUT2D eigenvalue weighted by molar-refractivity contribution is 0.598. The van der Waals surface area contributed by atoms with E-state index in [4.69, 9.17) is 0 Å². The van der Waals surface area contributed by atoms with Crippen LogP contribution in [0.4, 0.5) is 5.69 Å². The second-order valence-electron chi connectivity index (χ2n) is 3.13. The van der Waals surface area contributed by atoms with Crippen LogP contribution in [0, 0.1) is 6.07 Å². The fourth-order valence-corrected chi connectivity index (χ4v) is 2.49.